The molecule has 0 aromatic heterocycles. The number of rotatable bonds is 4. The number of piperidine rings is 1. The zero-order valence-corrected chi connectivity index (χ0v) is 12.5. The molecule has 1 aromatic rings. The first-order valence-corrected chi connectivity index (χ1v) is 7.04. The minimum absolute atomic E-state index is 0.549. The van der Waals surface area contributed by atoms with Gasteiger partial charge < -0.3 is 9.84 Å². The maximum absolute atomic E-state index is 11.2. The van der Waals surface area contributed by atoms with Crippen molar-refractivity contribution < 1.29 is 14.6 Å². The Morgan fingerprint density at radius 1 is 1.40 bits per heavy atom. The van der Waals surface area contributed by atoms with Gasteiger partial charge in [-0.05, 0) is 57.0 Å². The molecular weight excluding hydrogens is 254 g/mol. The van der Waals surface area contributed by atoms with Gasteiger partial charge in [-0.2, -0.15) is 0 Å². The third-order valence-corrected chi connectivity index (χ3v) is 4.34. The summed E-state index contributed by atoms with van der Waals surface area (Å²) in [4.78, 5) is 13.5. The molecule has 1 fully saturated rings. The summed E-state index contributed by atoms with van der Waals surface area (Å²) in [6.07, 6.45) is 1.44. The Kier molecular flexibility index (Phi) is 4.33. The van der Waals surface area contributed by atoms with E-state index >= 15 is 0 Å². The van der Waals surface area contributed by atoms with Crippen molar-refractivity contribution in [2.24, 2.45) is 5.41 Å². The normalized spacial score (nSPS) is 18.8. The van der Waals surface area contributed by atoms with E-state index in [1.165, 1.54) is 5.56 Å². The van der Waals surface area contributed by atoms with Crippen LogP contribution in [0, 0.1) is 12.3 Å². The summed E-state index contributed by atoms with van der Waals surface area (Å²) in [6, 6.07) is 6.22. The fraction of sp³-hybridized carbons (Fsp3) is 0.562. The van der Waals surface area contributed by atoms with Crippen molar-refractivity contribution in [3.05, 3.63) is 29.3 Å². The Bertz CT molecular complexity index is 490. The van der Waals surface area contributed by atoms with Crippen LogP contribution in [0.2, 0.25) is 0 Å². The maximum atomic E-state index is 11.2. The smallest absolute Gasteiger partial charge is 0.309 e. The first-order valence-electron chi connectivity index (χ1n) is 7.04. The molecule has 0 atom stereocenters. The van der Waals surface area contributed by atoms with E-state index in [-0.39, 0.29) is 0 Å². The Morgan fingerprint density at radius 3 is 2.55 bits per heavy atom. The monoisotopic (exact) mass is 277 g/mol. The van der Waals surface area contributed by atoms with Crippen LogP contribution in [0.4, 0.5) is 0 Å². The van der Waals surface area contributed by atoms with Crippen LogP contribution in [-0.4, -0.2) is 36.2 Å². The van der Waals surface area contributed by atoms with E-state index in [1.54, 1.807) is 7.11 Å². The molecule has 1 aliphatic heterocycles. The zero-order chi connectivity index (χ0) is 14.8. The van der Waals surface area contributed by atoms with Gasteiger partial charge in [-0.1, -0.05) is 12.1 Å². The van der Waals surface area contributed by atoms with Gasteiger partial charge in [-0.25, -0.2) is 0 Å². The van der Waals surface area contributed by atoms with Crippen molar-refractivity contribution in [3.63, 3.8) is 0 Å². The number of benzene rings is 1. The highest BCUT2D eigenvalue weighted by Gasteiger charge is 2.36. The molecule has 4 heteroatoms. The van der Waals surface area contributed by atoms with Crippen molar-refractivity contribution >= 4 is 5.97 Å². The van der Waals surface area contributed by atoms with Gasteiger partial charge in [0, 0.05) is 6.54 Å². The number of carbonyl (C=O) groups is 1. The van der Waals surface area contributed by atoms with E-state index in [1.807, 2.05) is 19.9 Å². The Hall–Kier alpha value is -1.55. The molecule has 1 aliphatic rings. The predicted octanol–water partition coefficient (Wildman–Crippen LogP) is 2.69. The third-order valence-electron chi connectivity index (χ3n) is 4.34. The number of carboxylic acid groups (broad SMARTS) is 1. The quantitative estimate of drug-likeness (QED) is 0.919. The molecule has 1 aromatic carbocycles. The molecule has 0 spiro atoms. The number of carboxylic acids is 1. The molecule has 20 heavy (non-hydrogen) atoms. The number of nitrogens with zero attached hydrogens (tertiary/aromatic N) is 1. The van der Waals surface area contributed by atoms with Crippen LogP contribution < -0.4 is 4.74 Å². The average Bonchev–Trinajstić information content (AvgIpc) is 2.42. The first kappa shape index (κ1) is 14.9. The number of ether oxygens (including phenoxy) is 1. The van der Waals surface area contributed by atoms with Crippen LogP contribution in [0.1, 0.15) is 30.9 Å². The van der Waals surface area contributed by atoms with E-state index < -0.39 is 11.4 Å². The molecule has 0 saturated carbocycles. The minimum atomic E-state index is -0.669. The van der Waals surface area contributed by atoms with Crippen molar-refractivity contribution in [2.45, 2.75) is 33.2 Å². The van der Waals surface area contributed by atoms with Crippen molar-refractivity contribution in [1.29, 1.82) is 0 Å². The van der Waals surface area contributed by atoms with Gasteiger partial charge in [0.15, 0.2) is 0 Å². The van der Waals surface area contributed by atoms with Crippen LogP contribution in [0.25, 0.3) is 0 Å². The van der Waals surface area contributed by atoms with Crippen LogP contribution in [0.15, 0.2) is 18.2 Å². The van der Waals surface area contributed by atoms with Gasteiger partial charge in [-0.3, -0.25) is 9.69 Å². The standard InChI is InChI=1S/C16H23NO3/c1-12-10-13(4-5-14(12)20-3)11-17-8-6-16(2,7-9-17)15(18)19/h4-5,10H,6-9,11H2,1-3H3,(H,18,19). The Labute approximate surface area is 120 Å². The molecule has 1 N–H and O–H groups in total. The van der Waals surface area contributed by atoms with E-state index in [0.29, 0.717) is 0 Å². The summed E-state index contributed by atoms with van der Waals surface area (Å²) < 4.78 is 5.26. The molecule has 0 unspecified atom stereocenters. The summed E-state index contributed by atoms with van der Waals surface area (Å²) in [5, 5.41) is 9.24. The summed E-state index contributed by atoms with van der Waals surface area (Å²) in [5.74, 6) is 0.239. The lowest BCUT2D eigenvalue weighted by Crippen LogP contribution is -2.42. The van der Waals surface area contributed by atoms with E-state index in [4.69, 9.17) is 4.74 Å². The van der Waals surface area contributed by atoms with Gasteiger partial charge in [-0.15, -0.1) is 0 Å². The minimum Gasteiger partial charge on any atom is -0.496 e. The maximum Gasteiger partial charge on any atom is 0.309 e. The second-order valence-electron chi connectivity index (χ2n) is 5.95. The number of aryl methyl sites for hydroxylation is 1. The summed E-state index contributed by atoms with van der Waals surface area (Å²) in [7, 11) is 1.68. The molecular formula is C16H23NO3. The SMILES string of the molecule is COc1ccc(CN2CCC(C)(C(=O)O)CC2)cc1C. The lowest BCUT2D eigenvalue weighted by atomic mass is 9.80. The second kappa shape index (κ2) is 5.83. The summed E-state index contributed by atoms with van der Waals surface area (Å²) in [5.41, 5.74) is 1.84. The summed E-state index contributed by atoms with van der Waals surface area (Å²) in [6.45, 7) is 6.45. The van der Waals surface area contributed by atoms with Gasteiger partial charge in [0.2, 0.25) is 0 Å². The topological polar surface area (TPSA) is 49.8 Å². The van der Waals surface area contributed by atoms with E-state index in [2.05, 4.69) is 17.0 Å². The number of methoxy groups -OCH3 is 1. The van der Waals surface area contributed by atoms with Crippen LogP contribution >= 0.6 is 0 Å². The fourth-order valence-corrected chi connectivity index (χ4v) is 2.72. The fourth-order valence-electron chi connectivity index (χ4n) is 2.72. The van der Waals surface area contributed by atoms with Gasteiger partial charge in [0.1, 0.15) is 5.75 Å². The largest absolute Gasteiger partial charge is 0.496 e. The van der Waals surface area contributed by atoms with Crippen LogP contribution in [0.3, 0.4) is 0 Å². The number of hydrogen-bond acceptors (Lipinski definition) is 3. The van der Waals surface area contributed by atoms with Crippen molar-refractivity contribution in [1.82, 2.24) is 4.90 Å². The second-order valence-corrected chi connectivity index (χ2v) is 5.95. The van der Waals surface area contributed by atoms with Crippen molar-refractivity contribution in [3.8, 4) is 5.75 Å². The zero-order valence-electron chi connectivity index (χ0n) is 12.5. The molecule has 0 radical (unpaired) electrons. The average molecular weight is 277 g/mol. The van der Waals surface area contributed by atoms with Gasteiger partial charge in [0.05, 0.1) is 12.5 Å². The molecule has 1 heterocycles. The summed E-state index contributed by atoms with van der Waals surface area (Å²) >= 11 is 0. The van der Waals surface area contributed by atoms with Crippen LogP contribution in [0.5, 0.6) is 5.75 Å². The molecule has 0 aliphatic carbocycles. The van der Waals surface area contributed by atoms with Crippen molar-refractivity contribution in [2.75, 3.05) is 20.2 Å². The molecule has 1 saturated heterocycles. The lowest BCUT2D eigenvalue weighted by Gasteiger charge is -2.36. The van der Waals surface area contributed by atoms with E-state index in [0.717, 1.165) is 43.8 Å². The number of aliphatic carboxylic acids is 1. The molecule has 110 valence electrons. The highest BCUT2D eigenvalue weighted by molar-refractivity contribution is 5.74. The predicted molar refractivity (Wildman–Crippen MR) is 78.0 cm³/mol. The number of hydrogen-bond donors (Lipinski definition) is 1. The lowest BCUT2D eigenvalue weighted by molar-refractivity contribution is -0.150. The molecule has 0 amide bonds. The highest BCUT2D eigenvalue weighted by Crippen LogP contribution is 2.31. The number of likely N-dealkylation sites (tertiary alicyclic amines) is 1. The Balaban J connectivity index is 1.96. The third kappa shape index (κ3) is 3.12. The molecule has 4 nitrogen and oxygen atoms in total. The van der Waals surface area contributed by atoms with Gasteiger partial charge in [0.25, 0.3) is 0 Å². The highest BCUT2D eigenvalue weighted by atomic mass is 16.5. The van der Waals surface area contributed by atoms with Gasteiger partial charge >= 0.3 is 5.97 Å². The first-order chi connectivity index (χ1) is 9.44. The molecule has 0 bridgehead atoms. The van der Waals surface area contributed by atoms with Crippen LogP contribution in [-0.2, 0) is 11.3 Å². The Morgan fingerprint density at radius 2 is 2.05 bits per heavy atom. The molecule has 2 rings (SSSR count). The van der Waals surface area contributed by atoms with E-state index in [9.17, 15) is 9.90 Å².